The van der Waals surface area contributed by atoms with Gasteiger partial charge >= 0.3 is 5.69 Å². The SMILES string of the molecule is CC1(C)Cc2nc3[nH]c(=O)[nH]c(=O)c3cc2CO1. The predicted molar refractivity (Wildman–Crippen MR) is 65.6 cm³/mol. The minimum atomic E-state index is -0.536. The third kappa shape index (κ3) is 1.74. The van der Waals surface area contributed by atoms with Crippen LogP contribution in [0.3, 0.4) is 0 Å². The molecule has 1 aliphatic heterocycles. The lowest BCUT2D eigenvalue weighted by atomic mass is 9.95. The summed E-state index contributed by atoms with van der Waals surface area (Å²) in [6.07, 6.45) is 0.660. The number of hydrogen-bond donors (Lipinski definition) is 2. The van der Waals surface area contributed by atoms with Gasteiger partial charge in [-0.25, -0.2) is 9.78 Å². The minimum Gasteiger partial charge on any atom is -0.370 e. The smallest absolute Gasteiger partial charge is 0.327 e. The summed E-state index contributed by atoms with van der Waals surface area (Å²) in [7, 11) is 0. The van der Waals surface area contributed by atoms with Crippen LogP contribution in [0.4, 0.5) is 0 Å². The second kappa shape index (κ2) is 3.52. The van der Waals surface area contributed by atoms with Gasteiger partial charge in [-0.15, -0.1) is 0 Å². The number of nitrogens with one attached hydrogen (secondary N) is 2. The summed E-state index contributed by atoms with van der Waals surface area (Å²) in [4.78, 5) is 32.0. The van der Waals surface area contributed by atoms with E-state index >= 15 is 0 Å². The number of fused-ring (bicyclic) bond motifs is 2. The van der Waals surface area contributed by atoms with Crippen LogP contribution in [0.15, 0.2) is 15.7 Å². The number of hydrogen-bond acceptors (Lipinski definition) is 4. The van der Waals surface area contributed by atoms with E-state index in [2.05, 4.69) is 15.0 Å². The molecule has 18 heavy (non-hydrogen) atoms. The van der Waals surface area contributed by atoms with Crippen molar-refractivity contribution in [1.29, 1.82) is 0 Å². The summed E-state index contributed by atoms with van der Waals surface area (Å²) in [5, 5.41) is 0.386. The summed E-state index contributed by atoms with van der Waals surface area (Å²) in [5.74, 6) is 0. The first-order chi connectivity index (χ1) is 8.44. The van der Waals surface area contributed by atoms with Gasteiger partial charge < -0.3 is 4.74 Å². The van der Waals surface area contributed by atoms with Crippen LogP contribution in [-0.2, 0) is 17.8 Å². The van der Waals surface area contributed by atoms with Gasteiger partial charge in [-0.05, 0) is 19.9 Å². The third-order valence-corrected chi connectivity index (χ3v) is 3.11. The summed E-state index contributed by atoms with van der Waals surface area (Å²) in [5.41, 5.74) is 0.884. The van der Waals surface area contributed by atoms with E-state index in [0.29, 0.717) is 24.1 Å². The van der Waals surface area contributed by atoms with E-state index in [-0.39, 0.29) is 5.60 Å². The van der Waals surface area contributed by atoms with Crippen LogP contribution in [0, 0.1) is 0 Å². The Morgan fingerprint density at radius 3 is 2.89 bits per heavy atom. The fraction of sp³-hybridized carbons (Fsp3) is 0.417. The average Bonchev–Trinajstić information content (AvgIpc) is 2.25. The van der Waals surface area contributed by atoms with Crippen LogP contribution in [0.25, 0.3) is 11.0 Å². The monoisotopic (exact) mass is 247 g/mol. The normalized spacial score (nSPS) is 17.7. The van der Waals surface area contributed by atoms with Gasteiger partial charge in [0, 0.05) is 12.0 Å². The lowest BCUT2D eigenvalue weighted by molar-refractivity contribution is -0.0411. The van der Waals surface area contributed by atoms with Gasteiger partial charge in [0.25, 0.3) is 5.56 Å². The van der Waals surface area contributed by atoms with E-state index in [1.807, 2.05) is 13.8 Å². The van der Waals surface area contributed by atoms with Crippen molar-refractivity contribution in [3.05, 3.63) is 38.2 Å². The summed E-state index contributed by atoms with van der Waals surface area (Å²) in [6, 6.07) is 1.74. The first kappa shape index (κ1) is 11.2. The lowest BCUT2D eigenvalue weighted by Gasteiger charge is -2.31. The Hall–Kier alpha value is -1.95. The molecule has 3 rings (SSSR count). The van der Waals surface area contributed by atoms with Crippen molar-refractivity contribution in [3.63, 3.8) is 0 Å². The molecule has 2 N–H and O–H groups in total. The number of aromatic amines is 2. The lowest BCUT2D eigenvalue weighted by Crippen LogP contribution is -2.33. The van der Waals surface area contributed by atoms with Gasteiger partial charge in [0.1, 0.15) is 5.65 Å². The number of ether oxygens (including phenoxy) is 1. The van der Waals surface area contributed by atoms with E-state index in [4.69, 9.17) is 4.74 Å². The molecule has 0 fully saturated rings. The molecule has 3 heterocycles. The van der Waals surface area contributed by atoms with Crippen LogP contribution in [-0.4, -0.2) is 20.6 Å². The molecule has 0 aliphatic carbocycles. The quantitative estimate of drug-likeness (QED) is 0.708. The zero-order chi connectivity index (χ0) is 12.9. The molecule has 0 amide bonds. The molecule has 0 atom stereocenters. The molecule has 6 heteroatoms. The number of aromatic nitrogens is 3. The number of nitrogens with zero attached hydrogens (tertiary/aromatic N) is 1. The molecule has 0 spiro atoms. The van der Waals surface area contributed by atoms with Crippen LogP contribution in [0.1, 0.15) is 25.1 Å². The van der Waals surface area contributed by atoms with Gasteiger partial charge in [0.05, 0.1) is 23.3 Å². The summed E-state index contributed by atoms with van der Waals surface area (Å²) < 4.78 is 5.68. The number of H-pyrrole nitrogens is 2. The van der Waals surface area contributed by atoms with E-state index < -0.39 is 11.2 Å². The minimum absolute atomic E-state index is 0.269. The van der Waals surface area contributed by atoms with Crippen LogP contribution in [0.2, 0.25) is 0 Å². The van der Waals surface area contributed by atoms with Crippen molar-refractivity contribution >= 4 is 11.0 Å². The van der Waals surface area contributed by atoms with Gasteiger partial charge in [-0.2, -0.15) is 0 Å². The van der Waals surface area contributed by atoms with Gasteiger partial charge in [0.15, 0.2) is 0 Å². The van der Waals surface area contributed by atoms with Gasteiger partial charge in [0.2, 0.25) is 0 Å². The second-order valence-corrected chi connectivity index (χ2v) is 5.12. The average molecular weight is 247 g/mol. The standard InChI is InChI=1S/C12H13N3O3/c1-12(2)4-8-6(5-18-12)3-7-9(13-8)14-11(17)15-10(7)16/h3H,4-5H2,1-2H3,(H2,13,14,15,16,17). The van der Waals surface area contributed by atoms with Crippen molar-refractivity contribution < 1.29 is 4.74 Å². The Bertz CT molecular complexity index is 742. The Morgan fingerprint density at radius 1 is 1.33 bits per heavy atom. The van der Waals surface area contributed by atoms with E-state index in [1.54, 1.807) is 6.07 Å². The maximum atomic E-state index is 11.7. The Balaban J connectivity index is 2.29. The largest absolute Gasteiger partial charge is 0.370 e. The predicted octanol–water partition coefficient (Wildman–Crippen LogP) is 0.463. The molecular weight excluding hydrogens is 234 g/mol. The molecule has 1 aliphatic rings. The topological polar surface area (TPSA) is 87.8 Å². The highest BCUT2D eigenvalue weighted by molar-refractivity contribution is 5.74. The highest BCUT2D eigenvalue weighted by Gasteiger charge is 2.27. The molecule has 0 aromatic carbocycles. The molecule has 6 nitrogen and oxygen atoms in total. The highest BCUT2D eigenvalue weighted by atomic mass is 16.5. The maximum Gasteiger partial charge on any atom is 0.327 e. The van der Waals surface area contributed by atoms with Crippen LogP contribution in [0.5, 0.6) is 0 Å². The number of pyridine rings is 1. The van der Waals surface area contributed by atoms with Crippen molar-refractivity contribution in [1.82, 2.24) is 15.0 Å². The summed E-state index contributed by atoms with van der Waals surface area (Å²) in [6.45, 7) is 4.41. The molecule has 0 bridgehead atoms. The molecule has 0 saturated carbocycles. The van der Waals surface area contributed by atoms with Gasteiger partial charge in [-0.3, -0.25) is 14.8 Å². The van der Waals surface area contributed by atoms with E-state index in [9.17, 15) is 9.59 Å². The molecule has 94 valence electrons. The summed E-state index contributed by atoms with van der Waals surface area (Å²) >= 11 is 0. The van der Waals surface area contributed by atoms with Crippen molar-refractivity contribution in [2.24, 2.45) is 0 Å². The molecule has 2 aromatic heterocycles. The molecule has 2 aromatic rings. The van der Waals surface area contributed by atoms with Crippen molar-refractivity contribution in [3.8, 4) is 0 Å². The maximum absolute atomic E-state index is 11.7. The first-order valence-corrected chi connectivity index (χ1v) is 5.74. The van der Waals surface area contributed by atoms with Gasteiger partial charge in [-0.1, -0.05) is 0 Å². The fourth-order valence-corrected chi connectivity index (χ4v) is 2.18. The molecule has 0 unspecified atom stereocenters. The van der Waals surface area contributed by atoms with Crippen molar-refractivity contribution in [2.75, 3.05) is 0 Å². The third-order valence-electron chi connectivity index (χ3n) is 3.11. The second-order valence-electron chi connectivity index (χ2n) is 5.12. The highest BCUT2D eigenvalue weighted by Crippen LogP contribution is 2.27. The fourth-order valence-electron chi connectivity index (χ4n) is 2.18. The number of rotatable bonds is 0. The first-order valence-electron chi connectivity index (χ1n) is 5.74. The van der Waals surface area contributed by atoms with Crippen molar-refractivity contribution in [2.45, 2.75) is 32.5 Å². The molecular formula is C12H13N3O3. The van der Waals surface area contributed by atoms with Crippen LogP contribution >= 0.6 is 0 Å². The Morgan fingerprint density at radius 2 is 2.11 bits per heavy atom. The van der Waals surface area contributed by atoms with Crippen LogP contribution < -0.4 is 11.2 Å². The zero-order valence-corrected chi connectivity index (χ0v) is 10.2. The Kier molecular flexibility index (Phi) is 2.18. The Labute approximate surface area is 102 Å². The zero-order valence-electron chi connectivity index (χ0n) is 10.2. The van der Waals surface area contributed by atoms with E-state index in [0.717, 1.165) is 11.3 Å². The van der Waals surface area contributed by atoms with E-state index in [1.165, 1.54) is 0 Å². The molecule has 0 radical (unpaired) electrons. The molecule has 0 saturated heterocycles.